The molecule has 14 heteroatoms. The largest absolute Gasteiger partial charge is 0.450 e. The van der Waals surface area contributed by atoms with Gasteiger partial charge in [-0.1, -0.05) is 24.3 Å². The lowest BCUT2D eigenvalue weighted by Gasteiger charge is -2.03. The topological polar surface area (TPSA) is 119 Å². The number of halogens is 3. The lowest BCUT2D eigenvalue weighted by atomic mass is 10.1. The van der Waals surface area contributed by atoms with Gasteiger partial charge in [0.25, 0.3) is 0 Å². The lowest BCUT2D eigenvalue weighted by Crippen LogP contribution is -2.25. The van der Waals surface area contributed by atoms with Crippen LogP contribution < -0.4 is 0 Å². The molecule has 0 amide bonds. The second-order valence-corrected chi connectivity index (χ2v) is 15.2. The SMILES string of the molecule is CC(=O)c1ccc(-c2cccc(S(C)(=O)=O)c2)s1.CS(=O)(=O)c1cccc(-c2ccc(C(=O)CC(=O)C(F)(F)F)s2)c1. The van der Waals surface area contributed by atoms with Crippen molar-refractivity contribution in [3.63, 3.8) is 0 Å². The van der Waals surface area contributed by atoms with Gasteiger partial charge in [-0.05, 0) is 66.6 Å². The Bertz CT molecular complexity index is 1870. The maximum Gasteiger partial charge on any atom is 0.450 e. The molecule has 7 nitrogen and oxygen atoms in total. The Hall–Kier alpha value is -3.46. The Labute approximate surface area is 248 Å². The molecule has 2 aromatic heterocycles. The van der Waals surface area contributed by atoms with E-state index in [1.807, 2.05) is 12.1 Å². The van der Waals surface area contributed by atoms with E-state index in [1.165, 1.54) is 54.8 Å². The van der Waals surface area contributed by atoms with Crippen molar-refractivity contribution in [1.29, 1.82) is 0 Å². The lowest BCUT2D eigenvalue weighted by molar-refractivity contribution is -0.170. The monoisotopic (exact) mass is 656 g/mol. The van der Waals surface area contributed by atoms with Crippen LogP contribution in [0.15, 0.2) is 82.6 Å². The molecule has 0 bridgehead atoms. The quantitative estimate of drug-likeness (QED) is 0.156. The second kappa shape index (κ2) is 12.8. The minimum absolute atomic E-state index is 0.00681. The molecule has 4 aromatic rings. The highest BCUT2D eigenvalue weighted by Crippen LogP contribution is 2.32. The molecule has 0 radical (unpaired) electrons. The normalized spacial score (nSPS) is 11.9. The molecule has 0 unspecified atom stereocenters. The fourth-order valence-corrected chi connectivity index (χ4v) is 6.59. The van der Waals surface area contributed by atoms with Gasteiger partial charge in [0.2, 0.25) is 5.78 Å². The van der Waals surface area contributed by atoms with Gasteiger partial charge in [-0.3, -0.25) is 14.4 Å². The molecule has 2 aromatic carbocycles. The van der Waals surface area contributed by atoms with Gasteiger partial charge in [-0.15, -0.1) is 22.7 Å². The van der Waals surface area contributed by atoms with E-state index in [4.69, 9.17) is 0 Å². The first-order chi connectivity index (χ1) is 19.4. The first-order valence-electron chi connectivity index (χ1n) is 11.8. The fourth-order valence-electron chi connectivity index (χ4n) is 3.42. The highest BCUT2D eigenvalue weighted by molar-refractivity contribution is 7.91. The minimum atomic E-state index is -5.04. The summed E-state index contributed by atoms with van der Waals surface area (Å²) in [4.78, 5) is 36.3. The van der Waals surface area contributed by atoms with Crippen molar-refractivity contribution >= 4 is 59.7 Å². The Balaban J connectivity index is 0.000000240. The molecule has 4 rings (SSSR count). The van der Waals surface area contributed by atoms with Crippen LogP contribution in [0.25, 0.3) is 20.9 Å². The number of thiophene rings is 2. The van der Waals surface area contributed by atoms with Crippen LogP contribution in [0, 0.1) is 0 Å². The molecule has 0 aliphatic heterocycles. The maximum absolute atomic E-state index is 12.2. The molecular formula is C28H23F3O7S4. The number of Topliss-reactive ketones (excluding diaryl/α,β-unsaturated/α-hetero) is 3. The van der Waals surface area contributed by atoms with E-state index in [0.717, 1.165) is 28.0 Å². The summed E-state index contributed by atoms with van der Waals surface area (Å²) in [6, 6.07) is 19.1. The Kier molecular flexibility index (Phi) is 10.1. The molecule has 0 fully saturated rings. The summed E-state index contributed by atoms with van der Waals surface area (Å²) in [5, 5.41) is 0. The van der Waals surface area contributed by atoms with Crippen LogP contribution in [-0.2, 0) is 24.5 Å². The molecule has 2 heterocycles. The van der Waals surface area contributed by atoms with Crippen molar-refractivity contribution in [2.24, 2.45) is 0 Å². The molecule has 42 heavy (non-hydrogen) atoms. The van der Waals surface area contributed by atoms with Gasteiger partial charge < -0.3 is 0 Å². The number of hydrogen-bond donors (Lipinski definition) is 0. The van der Waals surface area contributed by atoms with Crippen molar-refractivity contribution in [3.05, 3.63) is 82.6 Å². The van der Waals surface area contributed by atoms with Crippen molar-refractivity contribution in [3.8, 4) is 20.9 Å². The standard InChI is InChI=1S/C15H11F3O4S2.C13H12O3S2/c1-24(21,22)10-4-2-3-9(7-10)12-5-6-13(23-12)11(19)8-14(20)15(16,17)18;1-9(14)12-6-7-13(17-12)10-4-3-5-11(8-10)18(2,15)16/h2-7H,8H2,1H3;3-8H,1-2H3. The minimum Gasteiger partial charge on any atom is -0.294 e. The van der Waals surface area contributed by atoms with Crippen molar-refractivity contribution in [2.75, 3.05) is 12.5 Å². The van der Waals surface area contributed by atoms with Crippen LogP contribution in [0.5, 0.6) is 0 Å². The van der Waals surface area contributed by atoms with Crippen molar-refractivity contribution in [2.45, 2.75) is 29.3 Å². The molecule has 222 valence electrons. The Morgan fingerprint density at radius 2 is 1.12 bits per heavy atom. The van der Waals surface area contributed by atoms with Crippen molar-refractivity contribution in [1.82, 2.24) is 0 Å². The van der Waals surface area contributed by atoms with Crippen LogP contribution >= 0.6 is 22.7 Å². The molecule has 0 aliphatic rings. The third-order valence-corrected chi connectivity index (χ3v) is 10.2. The molecule has 0 atom stereocenters. The number of sulfone groups is 2. The van der Waals surface area contributed by atoms with E-state index in [1.54, 1.807) is 30.3 Å². The van der Waals surface area contributed by atoms with Crippen LogP contribution in [0.1, 0.15) is 32.7 Å². The maximum atomic E-state index is 12.2. The number of alkyl halides is 3. The number of carbonyl (C=O) groups excluding carboxylic acids is 3. The number of rotatable bonds is 8. The summed E-state index contributed by atoms with van der Waals surface area (Å²) in [6.07, 6.45) is -4.05. The average Bonchev–Trinajstić information content (AvgIpc) is 3.59. The summed E-state index contributed by atoms with van der Waals surface area (Å²) < 4.78 is 82.6. The summed E-state index contributed by atoms with van der Waals surface area (Å²) in [7, 11) is -6.61. The zero-order valence-electron chi connectivity index (χ0n) is 22.3. The fraction of sp³-hybridized carbons (Fsp3) is 0.179. The van der Waals surface area contributed by atoms with E-state index in [-0.39, 0.29) is 20.5 Å². The summed E-state index contributed by atoms with van der Waals surface area (Å²) in [6.45, 7) is 1.52. The van der Waals surface area contributed by atoms with Gasteiger partial charge >= 0.3 is 6.18 Å². The van der Waals surface area contributed by atoms with Crippen LogP contribution in [0.3, 0.4) is 0 Å². The molecule has 0 saturated heterocycles. The van der Waals surface area contributed by atoms with E-state index >= 15 is 0 Å². The summed E-state index contributed by atoms with van der Waals surface area (Å²) in [5.41, 5.74) is 1.33. The predicted molar refractivity (Wildman–Crippen MR) is 156 cm³/mol. The second-order valence-electron chi connectivity index (χ2n) is 9.00. The first kappa shape index (κ1) is 33.0. The van der Waals surface area contributed by atoms with E-state index in [2.05, 4.69) is 0 Å². The Morgan fingerprint density at radius 3 is 1.50 bits per heavy atom. The predicted octanol–water partition coefficient (Wildman–Crippen LogP) is 6.54. The average molecular weight is 657 g/mol. The number of benzene rings is 2. The summed E-state index contributed by atoms with van der Waals surface area (Å²) >= 11 is 2.27. The highest BCUT2D eigenvalue weighted by atomic mass is 32.2. The molecular weight excluding hydrogens is 634 g/mol. The van der Waals surface area contributed by atoms with Gasteiger partial charge in [0.15, 0.2) is 31.2 Å². The van der Waals surface area contributed by atoms with Crippen LogP contribution in [0.2, 0.25) is 0 Å². The highest BCUT2D eigenvalue weighted by Gasteiger charge is 2.39. The third-order valence-electron chi connectivity index (χ3n) is 5.56. The van der Waals surface area contributed by atoms with Gasteiger partial charge in [0.05, 0.1) is 26.0 Å². The van der Waals surface area contributed by atoms with E-state index < -0.39 is 43.8 Å². The summed E-state index contributed by atoms with van der Waals surface area (Å²) in [5.74, 6) is -3.00. The first-order valence-corrected chi connectivity index (χ1v) is 17.2. The smallest absolute Gasteiger partial charge is 0.294 e. The van der Waals surface area contributed by atoms with Crippen molar-refractivity contribution < 1.29 is 44.4 Å². The molecule has 0 saturated carbocycles. The van der Waals surface area contributed by atoms with Crippen LogP contribution in [-0.4, -0.2) is 52.9 Å². The molecule has 0 N–H and O–H groups in total. The molecule has 0 aliphatic carbocycles. The van der Waals surface area contributed by atoms with E-state index in [0.29, 0.717) is 15.3 Å². The third kappa shape index (κ3) is 8.77. The Morgan fingerprint density at radius 1 is 0.690 bits per heavy atom. The number of ketones is 3. The zero-order chi connectivity index (χ0) is 31.5. The van der Waals surface area contributed by atoms with Gasteiger partial charge in [-0.2, -0.15) is 13.2 Å². The number of carbonyl (C=O) groups is 3. The van der Waals surface area contributed by atoms with Gasteiger partial charge in [0, 0.05) is 22.3 Å². The van der Waals surface area contributed by atoms with Crippen LogP contribution in [0.4, 0.5) is 13.2 Å². The number of hydrogen-bond acceptors (Lipinski definition) is 9. The van der Waals surface area contributed by atoms with Gasteiger partial charge in [-0.25, -0.2) is 16.8 Å². The molecule has 0 spiro atoms. The van der Waals surface area contributed by atoms with Gasteiger partial charge in [0.1, 0.15) is 0 Å². The zero-order valence-corrected chi connectivity index (χ0v) is 25.5. The van der Waals surface area contributed by atoms with E-state index in [9.17, 15) is 44.4 Å².